The van der Waals surface area contributed by atoms with Gasteiger partial charge in [-0.15, -0.1) is 0 Å². The summed E-state index contributed by atoms with van der Waals surface area (Å²) in [6.07, 6.45) is 0. The number of fused-ring (bicyclic) bond motifs is 13. The van der Waals surface area contributed by atoms with Crippen molar-refractivity contribution < 1.29 is 4.42 Å². The van der Waals surface area contributed by atoms with E-state index in [-0.39, 0.29) is 5.41 Å². The molecule has 0 unspecified atom stereocenters. The Kier molecular flexibility index (Phi) is 7.32. The summed E-state index contributed by atoms with van der Waals surface area (Å²) in [7, 11) is 0. The molecule has 0 amide bonds. The molecule has 0 N–H and O–H groups in total. The largest absolute Gasteiger partial charge is 0.456 e. The first-order valence-corrected chi connectivity index (χ1v) is 21.3. The van der Waals surface area contributed by atoms with E-state index in [0.29, 0.717) is 17.5 Å². The van der Waals surface area contributed by atoms with E-state index in [2.05, 4.69) is 190 Å². The lowest BCUT2D eigenvalue weighted by Crippen LogP contribution is -2.14. The minimum Gasteiger partial charge on any atom is -0.456 e. The van der Waals surface area contributed by atoms with Gasteiger partial charge in [-0.2, -0.15) is 0 Å². The molecule has 12 aromatic rings. The molecule has 0 fully saturated rings. The van der Waals surface area contributed by atoms with Crippen LogP contribution in [-0.2, 0) is 5.41 Å². The van der Waals surface area contributed by atoms with E-state index in [1.807, 2.05) is 12.1 Å². The zero-order valence-electron chi connectivity index (χ0n) is 34.1. The highest BCUT2D eigenvalue weighted by molar-refractivity contribution is 6.27. The predicted molar refractivity (Wildman–Crippen MR) is 256 cm³/mol. The average Bonchev–Trinajstić information content (AvgIpc) is 3.81. The quantitative estimate of drug-likeness (QED) is 0.167. The predicted octanol–water partition coefficient (Wildman–Crippen LogP) is 15.4. The van der Waals surface area contributed by atoms with Gasteiger partial charge in [0.15, 0.2) is 17.5 Å². The Labute approximate surface area is 357 Å². The van der Waals surface area contributed by atoms with Gasteiger partial charge in [-0.05, 0) is 101 Å². The lowest BCUT2D eigenvalue weighted by Gasteiger charge is -2.21. The number of nitrogens with zero attached hydrogens (tertiary/aromatic N) is 3. The van der Waals surface area contributed by atoms with Gasteiger partial charge in [-0.3, -0.25) is 0 Å². The van der Waals surface area contributed by atoms with E-state index in [9.17, 15) is 0 Å². The molecule has 62 heavy (non-hydrogen) atoms. The van der Waals surface area contributed by atoms with Crippen LogP contribution in [0.25, 0.3) is 121 Å². The Morgan fingerprint density at radius 3 is 1.74 bits per heavy atom. The van der Waals surface area contributed by atoms with Gasteiger partial charge < -0.3 is 4.42 Å². The minimum atomic E-state index is -0.142. The Bertz CT molecular complexity index is 3830. The Morgan fingerprint density at radius 2 is 0.935 bits per heavy atom. The average molecular weight is 792 g/mol. The summed E-state index contributed by atoms with van der Waals surface area (Å²) in [5, 5.41) is 11.7. The molecule has 4 heteroatoms. The van der Waals surface area contributed by atoms with Crippen LogP contribution in [0.3, 0.4) is 0 Å². The molecule has 0 radical (unpaired) electrons. The molecule has 1 aliphatic carbocycles. The minimum absolute atomic E-state index is 0.142. The second-order valence-electron chi connectivity index (χ2n) is 17.1. The lowest BCUT2D eigenvalue weighted by atomic mass is 9.82. The first-order valence-electron chi connectivity index (χ1n) is 21.3. The fourth-order valence-corrected chi connectivity index (χ4v) is 10.3. The molecule has 1 aliphatic rings. The molecule has 4 nitrogen and oxygen atoms in total. The molecule has 2 heterocycles. The second kappa shape index (κ2) is 13.0. The summed E-state index contributed by atoms with van der Waals surface area (Å²) in [6.45, 7) is 4.61. The van der Waals surface area contributed by atoms with Crippen LogP contribution in [0, 0.1) is 0 Å². The van der Waals surface area contributed by atoms with Gasteiger partial charge >= 0.3 is 0 Å². The second-order valence-corrected chi connectivity index (χ2v) is 17.1. The van der Waals surface area contributed by atoms with E-state index in [4.69, 9.17) is 19.4 Å². The zero-order chi connectivity index (χ0) is 41.1. The van der Waals surface area contributed by atoms with Crippen LogP contribution in [-0.4, -0.2) is 15.0 Å². The number of benzene rings is 10. The van der Waals surface area contributed by atoms with Crippen molar-refractivity contribution in [2.45, 2.75) is 19.3 Å². The van der Waals surface area contributed by atoms with E-state index < -0.39 is 0 Å². The Balaban J connectivity index is 1.09. The van der Waals surface area contributed by atoms with Crippen molar-refractivity contribution in [2.75, 3.05) is 0 Å². The summed E-state index contributed by atoms with van der Waals surface area (Å²) >= 11 is 0. The van der Waals surface area contributed by atoms with Crippen LogP contribution < -0.4 is 0 Å². The van der Waals surface area contributed by atoms with Crippen LogP contribution in [0.1, 0.15) is 25.0 Å². The van der Waals surface area contributed by atoms with Crippen molar-refractivity contribution in [1.29, 1.82) is 0 Å². The third-order valence-electron chi connectivity index (χ3n) is 13.3. The van der Waals surface area contributed by atoms with Gasteiger partial charge in [-0.25, -0.2) is 15.0 Å². The molecule has 0 aliphatic heterocycles. The fraction of sp³-hybridized carbons (Fsp3) is 0.0517. The molecule has 0 bridgehead atoms. The maximum atomic E-state index is 6.72. The van der Waals surface area contributed by atoms with Crippen LogP contribution in [0.4, 0.5) is 0 Å². The summed E-state index contributed by atoms with van der Waals surface area (Å²) in [5.74, 6) is 1.82. The molecule has 2 aromatic heterocycles. The third-order valence-corrected chi connectivity index (χ3v) is 13.3. The van der Waals surface area contributed by atoms with Crippen molar-refractivity contribution in [1.82, 2.24) is 15.0 Å². The Morgan fingerprint density at radius 1 is 0.339 bits per heavy atom. The molecule has 0 atom stereocenters. The number of rotatable bonds is 4. The van der Waals surface area contributed by atoms with Crippen LogP contribution in [0.15, 0.2) is 192 Å². The van der Waals surface area contributed by atoms with Crippen molar-refractivity contribution in [3.8, 4) is 56.4 Å². The highest BCUT2D eigenvalue weighted by Gasteiger charge is 2.36. The summed E-state index contributed by atoms with van der Waals surface area (Å²) in [6, 6.07) is 67.2. The van der Waals surface area contributed by atoms with E-state index in [0.717, 1.165) is 60.5 Å². The molecule has 0 saturated carbocycles. The standard InChI is InChI=1S/C58H37N3O/c1-58(2)48-21-11-10-18-42(48)46-32-47-51(33-49(46)58)62-50-22-12-20-44(54(47)50)57-60-55(59-56(61-57)43-19-9-8-16-40(43)34-13-4-3-5-14-34)39-30-25-36-24-27-38-29-28-37-26-23-35-15-6-7-17-41(35)52(37)53(38)45(36)31-39/h3-33H,1-2H3. The first-order chi connectivity index (χ1) is 30.5. The van der Waals surface area contributed by atoms with Gasteiger partial charge in [0.2, 0.25) is 0 Å². The molecular formula is C58H37N3O. The summed E-state index contributed by atoms with van der Waals surface area (Å²) in [4.78, 5) is 16.1. The number of hydrogen-bond donors (Lipinski definition) is 0. The zero-order valence-corrected chi connectivity index (χ0v) is 34.1. The molecule has 0 saturated heterocycles. The van der Waals surface area contributed by atoms with E-state index in [1.165, 1.54) is 54.6 Å². The van der Waals surface area contributed by atoms with Crippen molar-refractivity contribution in [3.05, 3.63) is 199 Å². The molecule has 290 valence electrons. The number of hydrogen-bond acceptors (Lipinski definition) is 4. The lowest BCUT2D eigenvalue weighted by molar-refractivity contribution is 0.647. The molecule has 13 rings (SSSR count). The maximum absolute atomic E-state index is 6.72. The normalized spacial score (nSPS) is 13.1. The van der Waals surface area contributed by atoms with Crippen LogP contribution in [0.5, 0.6) is 0 Å². The smallest absolute Gasteiger partial charge is 0.164 e. The van der Waals surface area contributed by atoms with Crippen molar-refractivity contribution >= 4 is 65.0 Å². The van der Waals surface area contributed by atoms with Gasteiger partial charge in [0.05, 0.1) is 0 Å². The van der Waals surface area contributed by atoms with Crippen molar-refractivity contribution in [2.24, 2.45) is 0 Å². The SMILES string of the molecule is CC1(C)c2ccccc2-c2cc3c(cc21)oc1cccc(-c2nc(-c4ccc5ccc6ccc7ccc8ccccc8c7c6c5c4)nc(-c4ccccc4-c4ccccc4)n2)c13. The van der Waals surface area contributed by atoms with E-state index >= 15 is 0 Å². The topological polar surface area (TPSA) is 51.8 Å². The Hall–Kier alpha value is -7.95. The van der Waals surface area contributed by atoms with Gasteiger partial charge in [0.25, 0.3) is 0 Å². The maximum Gasteiger partial charge on any atom is 0.164 e. The molecular weight excluding hydrogens is 755 g/mol. The monoisotopic (exact) mass is 791 g/mol. The van der Waals surface area contributed by atoms with Crippen LogP contribution in [0.2, 0.25) is 0 Å². The molecule has 0 spiro atoms. The van der Waals surface area contributed by atoms with Gasteiger partial charge in [-0.1, -0.05) is 178 Å². The highest BCUT2D eigenvalue weighted by atomic mass is 16.3. The van der Waals surface area contributed by atoms with Gasteiger partial charge in [0.1, 0.15) is 11.2 Å². The third kappa shape index (κ3) is 5.10. The van der Waals surface area contributed by atoms with E-state index in [1.54, 1.807) is 0 Å². The highest BCUT2D eigenvalue weighted by Crippen LogP contribution is 2.51. The summed E-state index contributed by atoms with van der Waals surface area (Å²) < 4.78 is 6.72. The molecule has 10 aromatic carbocycles. The van der Waals surface area contributed by atoms with Crippen LogP contribution >= 0.6 is 0 Å². The van der Waals surface area contributed by atoms with Crippen molar-refractivity contribution in [3.63, 3.8) is 0 Å². The number of aromatic nitrogens is 3. The fourth-order valence-electron chi connectivity index (χ4n) is 10.3. The number of furan rings is 1. The first kappa shape index (κ1) is 34.9. The summed E-state index contributed by atoms with van der Waals surface area (Å²) in [5.41, 5.74) is 11.6. The van der Waals surface area contributed by atoms with Gasteiger partial charge in [0, 0.05) is 32.9 Å².